The van der Waals surface area contributed by atoms with Crippen molar-refractivity contribution >= 4 is 27.7 Å². The van der Waals surface area contributed by atoms with Gasteiger partial charge in [-0.1, -0.05) is 39.7 Å². The zero-order valence-electron chi connectivity index (χ0n) is 13.2. The van der Waals surface area contributed by atoms with Crippen molar-refractivity contribution in [3.63, 3.8) is 0 Å². The third-order valence-corrected chi connectivity index (χ3v) is 4.35. The highest BCUT2D eigenvalue weighted by molar-refractivity contribution is 9.10. The van der Waals surface area contributed by atoms with Gasteiger partial charge >= 0.3 is 0 Å². The number of nitrogens with one attached hydrogen (secondary N) is 2. The van der Waals surface area contributed by atoms with Gasteiger partial charge in [-0.3, -0.25) is 9.59 Å². The van der Waals surface area contributed by atoms with Gasteiger partial charge in [0.15, 0.2) is 0 Å². The van der Waals surface area contributed by atoms with Crippen molar-refractivity contribution in [2.24, 2.45) is 0 Å². The van der Waals surface area contributed by atoms with E-state index in [4.69, 9.17) is 0 Å². The molecule has 0 saturated carbocycles. The van der Waals surface area contributed by atoms with Gasteiger partial charge in [-0.15, -0.1) is 0 Å². The van der Waals surface area contributed by atoms with Crippen LogP contribution in [0.25, 0.3) is 0 Å². The Morgan fingerprint density at radius 1 is 1.13 bits per heavy atom. The summed E-state index contributed by atoms with van der Waals surface area (Å²) >= 11 is 3.38. The van der Waals surface area contributed by atoms with Crippen LogP contribution < -0.4 is 10.6 Å². The molecular formula is C18H23BrN2O2. The summed E-state index contributed by atoms with van der Waals surface area (Å²) < 4.78 is 0.942. The summed E-state index contributed by atoms with van der Waals surface area (Å²) in [4.78, 5) is 23.6. The van der Waals surface area contributed by atoms with Gasteiger partial charge in [-0.05, 0) is 49.8 Å². The molecule has 1 aliphatic carbocycles. The van der Waals surface area contributed by atoms with Crippen molar-refractivity contribution < 1.29 is 9.59 Å². The molecule has 0 saturated heterocycles. The van der Waals surface area contributed by atoms with Gasteiger partial charge in [0.25, 0.3) is 0 Å². The van der Waals surface area contributed by atoms with E-state index >= 15 is 0 Å². The molecule has 2 rings (SSSR count). The number of rotatable bonds is 7. The number of amides is 2. The molecule has 0 fully saturated rings. The first-order chi connectivity index (χ1) is 11.1. The minimum absolute atomic E-state index is 0.0336. The van der Waals surface area contributed by atoms with E-state index in [1.165, 1.54) is 18.4 Å². The van der Waals surface area contributed by atoms with Crippen LogP contribution >= 0.6 is 15.9 Å². The Hall–Kier alpha value is -1.62. The molecule has 0 aromatic heterocycles. The van der Waals surface area contributed by atoms with Gasteiger partial charge in [0.1, 0.15) is 0 Å². The number of hydrogen-bond acceptors (Lipinski definition) is 2. The molecule has 2 N–H and O–H groups in total. The maximum absolute atomic E-state index is 11.8. The maximum Gasteiger partial charge on any atom is 0.239 e. The Kier molecular flexibility index (Phi) is 7.33. The zero-order valence-corrected chi connectivity index (χ0v) is 14.8. The third kappa shape index (κ3) is 6.99. The first-order valence-corrected chi connectivity index (χ1v) is 8.88. The summed E-state index contributed by atoms with van der Waals surface area (Å²) in [5.41, 5.74) is 2.36. The molecule has 0 heterocycles. The van der Waals surface area contributed by atoms with Crippen molar-refractivity contribution in [1.82, 2.24) is 10.6 Å². The lowest BCUT2D eigenvalue weighted by Crippen LogP contribution is -2.38. The number of hydrogen-bond donors (Lipinski definition) is 2. The second kappa shape index (κ2) is 9.50. The number of allylic oxidation sites excluding steroid dienone is 1. The average molecular weight is 379 g/mol. The van der Waals surface area contributed by atoms with Crippen molar-refractivity contribution in [2.75, 3.05) is 13.1 Å². The van der Waals surface area contributed by atoms with Gasteiger partial charge in [0.2, 0.25) is 11.8 Å². The zero-order chi connectivity index (χ0) is 16.5. The largest absolute Gasteiger partial charge is 0.354 e. The summed E-state index contributed by atoms with van der Waals surface area (Å²) in [6.45, 7) is 0.679. The third-order valence-electron chi connectivity index (χ3n) is 3.85. The predicted molar refractivity (Wildman–Crippen MR) is 95.0 cm³/mol. The Balaban J connectivity index is 1.61. The molecule has 0 bridgehead atoms. The molecule has 1 aliphatic rings. The quantitative estimate of drug-likeness (QED) is 0.716. The van der Waals surface area contributed by atoms with E-state index in [0.29, 0.717) is 6.54 Å². The van der Waals surface area contributed by atoms with Crippen LogP contribution in [0.5, 0.6) is 0 Å². The number of carbonyl (C=O) groups excluding carboxylic acids is 2. The summed E-state index contributed by atoms with van der Waals surface area (Å²) in [5, 5.41) is 5.51. The maximum atomic E-state index is 11.8. The van der Waals surface area contributed by atoms with Crippen LogP contribution in [0.15, 0.2) is 40.4 Å². The van der Waals surface area contributed by atoms with E-state index in [1.54, 1.807) is 0 Å². The van der Waals surface area contributed by atoms with Gasteiger partial charge in [-0.2, -0.15) is 0 Å². The fourth-order valence-electron chi connectivity index (χ4n) is 2.63. The van der Waals surface area contributed by atoms with Crippen LogP contribution in [0.1, 0.15) is 37.7 Å². The van der Waals surface area contributed by atoms with Crippen LogP contribution in [0, 0.1) is 0 Å². The van der Waals surface area contributed by atoms with E-state index in [9.17, 15) is 9.59 Å². The molecule has 124 valence electrons. The fourth-order valence-corrected chi connectivity index (χ4v) is 3.08. The molecule has 23 heavy (non-hydrogen) atoms. The molecule has 1 aromatic carbocycles. The summed E-state index contributed by atoms with van der Waals surface area (Å²) in [6, 6.07) is 7.59. The number of carbonyl (C=O) groups is 2. The van der Waals surface area contributed by atoms with Crippen molar-refractivity contribution in [3.05, 3.63) is 46.0 Å². The first-order valence-electron chi connectivity index (χ1n) is 8.09. The molecule has 0 aliphatic heterocycles. The van der Waals surface area contributed by atoms with E-state index in [1.807, 2.05) is 24.3 Å². The second-order valence-corrected chi connectivity index (χ2v) is 6.71. The molecule has 1 aromatic rings. The minimum Gasteiger partial charge on any atom is -0.354 e. The van der Waals surface area contributed by atoms with E-state index in [-0.39, 0.29) is 24.8 Å². The average Bonchev–Trinajstić information content (AvgIpc) is 2.54. The van der Waals surface area contributed by atoms with Gasteiger partial charge in [0.05, 0.1) is 13.0 Å². The molecular weight excluding hydrogens is 356 g/mol. The number of halogens is 1. The molecule has 0 radical (unpaired) electrons. The molecule has 0 unspecified atom stereocenters. The Labute approximate surface area is 145 Å². The highest BCUT2D eigenvalue weighted by Crippen LogP contribution is 2.19. The van der Waals surface area contributed by atoms with Crippen LogP contribution in [0.4, 0.5) is 0 Å². The second-order valence-electron chi connectivity index (χ2n) is 5.79. The Morgan fingerprint density at radius 2 is 2.00 bits per heavy atom. The van der Waals surface area contributed by atoms with Crippen molar-refractivity contribution in [3.8, 4) is 0 Å². The highest BCUT2D eigenvalue weighted by Gasteiger charge is 2.08. The molecule has 2 amide bonds. The fraction of sp³-hybridized carbons (Fsp3) is 0.444. The van der Waals surface area contributed by atoms with E-state index in [0.717, 1.165) is 29.3 Å². The van der Waals surface area contributed by atoms with Crippen LogP contribution in [-0.4, -0.2) is 24.9 Å². The summed E-state index contributed by atoms with van der Waals surface area (Å²) in [6.07, 6.45) is 8.33. The minimum atomic E-state index is -0.145. The lowest BCUT2D eigenvalue weighted by Gasteiger charge is -2.13. The Bertz CT molecular complexity index is 584. The lowest BCUT2D eigenvalue weighted by atomic mass is 9.97. The summed E-state index contributed by atoms with van der Waals surface area (Å²) in [5.74, 6) is -0.280. The predicted octanol–water partition coefficient (Wildman–Crippen LogP) is 3.11. The monoisotopic (exact) mass is 378 g/mol. The molecule has 4 nitrogen and oxygen atoms in total. The van der Waals surface area contributed by atoms with Gasteiger partial charge in [0, 0.05) is 11.0 Å². The van der Waals surface area contributed by atoms with E-state index in [2.05, 4.69) is 32.6 Å². The lowest BCUT2D eigenvalue weighted by molar-refractivity contribution is -0.125. The Morgan fingerprint density at radius 3 is 2.74 bits per heavy atom. The van der Waals surface area contributed by atoms with Gasteiger partial charge < -0.3 is 10.6 Å². The first kappa shape index (κ1) is 17.7. The summed E-state index contributed by atoms with van der Waals surface area (Å²) in [7, 11) is 0. The smallest absolute Gasteiger partial charge is 0.239 e. The SMILES string of the molecule is O=C(CNC(=O)Cc1cccc(Br)c1)NCCC1=CCCCC1. The normalized spacial score (nSPS) is 14.0. The van der Waals surface area contributed by atoms with E-state index < -0.39 is 0 Å². The van der Waals surface area contributed by atoms with Crippen LogP contribution in [-0.2, 0) is 16.0 Å². The standard InChI is InChI=1S/C18H23BrN2O2/c19-16-8-4-7-15(11-16)12-17(22)21-13-18(23)20-10-9-14-5-2-1-3-6-14/h4-5,7-8,11H,1-3,6,9-10,12-13H2,(H,20,23)(H,21,22). The highest BCUT2D eigenvalue weighted by atomic mass is 79.9. The topological polar surface area (TPSA) is 58.2 Å². The number of benzene rings is 1. The molecule has 0 atom stereocenters. The van der Waals surface area contributed by atoms with Crippen molar-refractivity contribution in [2.45, 2.75) is 38.5 Å². The molecule has 5 heteroatoms. The van der Waals surface area contributed by atoms with Gasteiger partial charge in [-0.25, -0.2) is 0 Å². The van der Waals surface area contributed by atoms with Crippen LogP contribution in [0.2, 0.25) is 0 Å². The van der Waals surface area contributed by atoms with Crippen molar-refractivity contribution in [1.29, 1.82) is 0 Å². The van der Waals surface area contributed by atoms with Crippen LogP contribution in [0.3, 0.4) is 0 Å². The molecule has 0 spiro atoms.